The van der Waals surface area contributed by atoms with Gasteiger partial charge < -0.3 is 15.5 Å². The van der Waals surface area contributed by atoms with Crippen LogP contribution in [0.2, 0.25) is 0 Å². The fraction of sp³-hybridized carbons (Fsp3) is 0.538. The Balaban J connectivity index is 2.14. The Morgan fingerprint density at radius 1 is 1.38 bits per heavy atom. The average molecular weight is 221 g/mol. The number of rotatable bonds is 4. The summed E-state index contributed by atoms with van der Waals surface area (Å²) in [5, 5.41) is 21.3. The first-order chi connectivity index (χ1) is 7.70. The molecule has 1 aromatic carbocycles. The van der Waals surface area contributed by atoms with Gasteiger partial charge in [-0.3, -0.25) is 0 Å². The lowest BCUT2D eigenvalue weighted by Crippen LogP contribution is -2.23. The Bertz CT molecular complexity index is 376. The zero-order valence-electron chi connectivity index (χ0n) is 9.66. The molecule has 0 fully saturated rings. The first-order valence-electron chi connectivity index (χ1n) is 5.86. The van der Waals surface area contributed by atoms with Crippen LogP contribution in [-0.4, -0.2) is 29.5 Å². The largest absolute Gasteiger partial charge is 0.394 e. The summed E-state index contributed by atoms with van der Waals surface area (Å²) in [6.45, 7) is 2.31. The van der Waals surface area contributed by atoms with Gasteiger partial charge in [-0.05, 0) is 48.9 Å². The highest BCUT2D eigenvalue weighted by molar-refractivity contribution is 5.58. The van der Waals surface area contributed by atoms with Crippen LogP contribution in [-0.2, 0) is 12.8 Å². The summed E-state index contributed by atoms with van der Waals surface area (Å²) in [5.41, 5.74) is 5.19. The van der Waals surface area contributed by atoms with Crippen LogP contribution in [0.3, 0.4) is 0 Å². The molecule has 3 heteroatoms. The number of aliphatic hydroxyl groups is 2. The molecule has 3 N–H and O–H groups in total. The fourth-order valence-corrected chi connectivity index (χ4v) is 2.32. The monoisotopic (exact) mass is 221 g/mol. The highest BCUT2D eigenvalue weighted by Gasteiger charge is 2.15. The molecule has 3 nitrogen and oxygen atoms in total. The summed E-state index contributed by atoms with van der Waals surface area (Å²) in [6, 6.07) is 4.37. The molecular formula is C13H19NO2. The molecule has 1 aliphatic carbocycles. The maximum atomic E-state index is 9.32. The first kappa shape index (κ1) is 11.4. The quantitative estimate of drug-likeness (QED) is 0.717. The molecular weight excluding hydrogens is 202 g/mol. The smallest absolute Gasteiger partial charge is 0.0942 e. The van der Waals surface area contributed by atoms with E-state index in [9.17, 15) is 5.11 Å². The van der Waals surface area contributed by atoms with Gasteiger partial charge in [-0.1, -0.05) is 6.07 Å². The van der Waals surface area contributed by atoms with Gasteiger partial charge in [-0.25, -0.2) is 0 Å². The molecule has 1 aliphatic rings. The second kappa shape index (κ2) is 4.85. The number of benzene rings is 1. The molecule has 0 aromatic heterocycles. The number of fused-ring (bicyclic) bond motifs is 1. The topological polar surface area (TPSA) is 52.5 Å². The SMILES string of the molecule is Cc1cc2c(c(NCC(O)CO)c1)CCC2. The molecule has 0 saturated carbocycles. The maximum absolute atomic E-state index is 9.32. The van der Waals surface area contributed by atoms with Crippen LogP contribution < -0.4 is 5.32 Å². The van der Waals surface area contributed by atoms with Gasteiger partial charge in [-0.2, -0.15) is 0 Å². The van der Waals surface area contributed by atoms with Gasteiger partial charge in [0.2, 0.25) is 0 Å². The van der Waals surface area contributed by atoms with Crippen molar-refractivity contribution in [1.82, 2.24) is 0 Å². The number of aryl methyl sites for hydroxylation is 2. The highest BCUT2D eigenvalue weighted by Crippen LogP contribution is 2.30. The van der Waals surface area contributed by atoms with E-state index in [0.29, 0.717) is 6.54 Å². The van der Waals surface area contributed by atoms with Crippen LogP contribution >= 0.6 is 0 Å². The van der Waals surface area contributed by atoms with Gasteiger partial charge >= 0.3 is 0 Å². The zero-order chi connectivity index (χ0) is 11.5. The number of nitrogens with one attached hydrogen (secondary N) is 1. The molecule has 0 bridgehead atoms. The lowest BCUT2D eigenvalue weighted by Gasteiger charge is -2.14. The van der Waals surface area contributed by atoms with E-state index in [0.717, 1.165) is 18.5 Å². The molecule has 1 unspecified atom stereocenters. The molecule has 1 aromatic rings. The maximum Gasteiger partial charge on any atom is 0.0942 e. The molecule has 2 rings (SSSR count). The van der Waals surface area contributed by atoms with Gasteiger partial charge in [0.25, 0.3) is 0 Å². The van der Waals surface area contributed by atoms with Gasteiger partial charge in [0.15, 0.2) is 0 Å². The van der Waals surface area contributed by atoms with Crippen molar-refractivity contribution >= 4 is 5.69 Å². The predicted molar refractivity (Wildman–Crippen MR) is 64.8 cm³/mol. The molecule has 0 radical (unpaired) electrons. The van der Waals surface area contributed by atoms with Crippen LogP contribution in [0.5, 0.6) is 0 Å². The third kappa shape index (κ3) is 2.36. The zero-order valence-corrected chi connectivity index (χ0v) is 9.66. The van der Waals surface area contributed by atoms with Crippen molar-refractivity contribution in [3.8, 4) is 0 Å². The molecule has 0 heterocycles. The van der Waals surface area contributed by atoms with E-state index in [2.05, 4.69) is 24.4 Å². The van der Waals surface area contributed by atoms with E-state index in [1.54, 1.807) is 0 Å². The van der Waals surface area contributed by atoms with Crippen molar-refractivity contribution in [2.24, 2.45) is 0 Å². The molecule has 16 heavy (non-hydrogen) atoms. The van der Waals surface area contributed by atoms with Crippen molar-refractivity contribution in [3.63, 3.8) is 0 Å². The van der Waals surface area contributed by atoms with Crippen molar-refractivity contribution in [1.29, 1.82) is 0 Å². The summed E-state index contributed by atoms with van der Waals surface area (Å²) >= 11 is 0. The van der Waals surface area contributed by atoms with E-state index < -0.39 is 6.10 Å². The molecule has 0 spiro atoms. The number of hydrogen-bond acceptors (Lipinski definition) is 3. The predicted octanol–water partition coefficient (Wildman–Crippen LogP) is 1.25. The lowest BCUT2D eigenvalue weighted by molar-refractivity contribution is 0.105. The van der Waals surface area contributed by atoms with Gasteiger partial charge in [0, 0.05) is 12.2 Å². The Hall–Kier alpha value is -1.06. The van der Waals surface area contributed by atoms with Crippen LogP contribution in [0, 0.1) is 6.92 Å². The number of aliphatic hydroxyl groups excluding tert-OH is 2. The number of hydrogen-bond donors (Lipinski definition) is 3. The van der Waals surface area contributed by atoms with Crippen LogP contribution in [0.4, 0.5) is 5.69 Å². The van der Waals surface area contributed by atoms with Crippen LogP contribution in [0.1, 0.15) is 23.1 Å². The van der Waals surface area contributed by atoms with Gasteiger partial charge in [0.05, 0.1) is 12.7 Å². The van der Waals surface area contributed by atoms with Gasteiger partial charge in [-0.15, -0.1) is 0 Å². The highest BCUT2D eigenvalue weighted by atomic mass is 16.3. The Morgan fingerprint density at radius 3 is 2.94 bits per heavy atom. The average Bonchev–Trinajstić information content (AvgIpc) is 2.73. The lowest BCUT2D eigenvalue weighted by atomic mass is 10.0. The van der Waals surface area contributed by atoms with Crippen molar-refractivity contribution < 1.29 is 10.2 Å². The molecule has 0 amide bonds. The second-order valence-electron chi connectivity index (χ2n) is 4.52. The molecule has 88 valence electrons. The minimum absolute atomic E-state index is 0.193. The third-order valence-corrected chi connectivity index (χ3v) is 3.10. The fourth-order valence-electron chi connectivity index (χ4n) is 2.32. The molecule has 1 atom stereocenters. The van der Waals surface area contributed by atoms with Crippen LogP contribution in [0.25, 0.3) is 0 Å². The van der Waals surface area contributed by atoms with E-state index in [1.807, 2.05) is 0 Å². The Labute approximate surface area is 96.1 Å². The van der Waals surface area contributed by atoms with E-state index in [1.165, 1.54) is 23.1 Å². The normalized spacial score (nSPS) is 15.9. The van der Waals surface area contributed by atoms with E-state index >= 15 is 0 Å². The minimum atomic E-state index is -0.683. The van der Waals surface area contributed by atoms with E-state index in [4.69, 9.17) is 5.11 Å². The Morgan fingerprint density at radius 2 is 2.19 bits per heavy atom. The van der Waals surface area contributed by atoms with Crippen LogP contribution in [0.15, 0.2) is 12.1 Å². The van der Waals surface area contributed by atoms with Crippen molar-refractivity contribution in [3.05, 3.63) is 28.8 Å². The summed E-state index contributed by atoms with van der Waals surface area (Å²) in [4.78, 5) is 0. The Kier molecular flexibility index (Phi) is 3.46. The molecule has 0 saturated heterocycles. The van der Waals surface area contributed by atoms with Gasteiger partial charge in [0.1, 0.15) is 0 Å². The summed E-state index contributed by atoms with van der Waals surface area (Å²) in [6.07, 6.45) is 2.81. The summed E-state index contributed by atoms with van der Waals surface area (Å²) in [7, 11) is 0. The first-order valence-corrected chi connectivity index (χ1v) is 5.86. The minimum Gasteiger partial charge on any atom is -0.394 e. The standard InChI is InChI=1S/C13H19NO2/c1-9-5-10-3-2-4-12(10)13(6-9)14-7-11(16)8-15/h5-6,11,14-16H,2-4,7-8H2,1H3. The number of anilines is 1. The summed E-state index contributed by atoms with van der Waals surface area (Å²) < 4.78 is 0. The second-order valence-corrected chi connectivity index (χ2v) is 4.52. The van der Waals surface area contributed by atoms with Crippen molar-refractivity contribution in [2.75, 3.05) is 18.5 Å². The van der Waals surface area contributed by atoms with E-state index in [-0.39, 0.29) is 6.61 Å². The third-order valence-electron chi connectivity index (χ3n) is 3.10. The van der Waals surface area contributed by atoms with Crippen molar-refractivity contribution in [2.45, 2.75) is 32.3 Å². The molecule has 0 aliphatic heterocycles. The summed E-state index contributed by atoms with van der Waals surface area (Å²) in [5.74, 6) is 0.